The van der Waals surface area contributed by atoms with Crippen molar-refractivity contribution in [1.82, 2.24) is 20.0 Å². The highest BCUT2D eigenvalue weighted by Crippen LogP contribution is 2.39. The first-order valence-electron chi connectivity index (χ1n) is 17.0. The molecule has 3 aromatic rings. The van der Waals surface area contributed by atoms with Crippen molar-refractivity contribution in [1.29, 1.82) is 0 Å². The first-order valence-corrected chi connectivity index (χ1v) is 20.3. The Morgan fingerprint density at radius 1 is 1.12 bits per heavy atom. The average Bonchev–Trinajstić information content (AvgIpc) is 3.37. The minimum Gasteiger partial charge on any atom is -0.491 e. The van der Waals surface area contributed by atoms with E-state index in [1.807, 2.05) is 58.9 Å². The summed E-state index contributed by atoms with van der Waals surface area (Å²) in [7, 11) is -0.836. The van der Waals surface area contributed by atoms with E-state index in [1.54, 1.807) is 4.90 Å². The molecule has 0 spiro atoms. The van der Waals surface area contributed by atoms with Gasteiger partial charge in [0.15, 0.2) is 14.1 Å². The summed E-state index contributed by atoms with van der Waals surface area (Å²) in [5, 5.41) is 8.01. The van der Waals surface area contributed by atoms with Crippen molar-refractivity contribution in [2.45, 2.75) is 98.0 Å². The maximum atomic E-state index is 12.8. The van der Waals surface area contributed by atoms with Crippen LogP contribution < -0.4 is 10.1 Å². The van der Waals surface area contributed by atoms with Gasteiger partial charge in [-0.1, -0.05) is 49.7 Å². The van der Waals surface area contributed by atoms with Crippen molar-refractivity contribution in [3.05, 3.63) is 40.7 Å². The van der Waals surface area contributed by atoms with Crippen LogP contribution in [0.1, 0.15) is 65.8 Å². The summed E-state index contributed by atoms with van der Waals surface area (Å²) in [6.45, 7) is 23.4. The lowest BCUT2D eigenvalue weighted by atomic mass is 10.0. The van der Waals surface area contributed by atoms with E-state index in [2.05, 4.69) is 44.3 Å². The van der Waals surface area contributed by atoms with E-state index in [-0.39, 0.29) is 11.6 Å². The van der Waals surface area contributed by atoms with Crippen LogP contribution in [0.25, 0.3) is 22.6 Å². The van der Waals surface area contributed by atoms with Crippen molar-refractivity contribution in [3.8, 4) is 28.4 Å². The molecule has 49 heavy (non-hydrogen) atoms. The number of hydrogen-bond acceptors (Lipinski definition) is 10. The highest BCUT2D eigenvalue weighted by atomic mass is 35.5. The Hall–Kier alpha value is -3.19. The fourth-order valence-electron chi connectivity index (χ4n) is 5.44. The van der Waals surface area contributed by atoms with Crippen LogP contribution in [-0.4, -0.2) is 86.1 Å². The number of benzene rings is 1. The third-order valence-corrected chi connectivity index (χ3v) is 14.3. The predicted octanol–water partition coefficient (Wildman–Crippen LogP) is 8.54. The Labute approximate surface area is 297 Å². The van der Waals surface area contributed by atoms with Gasteiger partial charge in [0.25, 0.3) is 0 Å². The number of carbonyl (C=O) groups is 1. The second kappa shape index (κ2) is 15.8. The molecule has 1 amide bonds. The maximum absolute atomic E-state index is 12.8. The van der Waals surface area contributed by atoms with Gasteiger partial charge in [-0.05, 0) is 83.6 Å². The van der Waals surface area contributed by atoms with E-state index >= 15 is 0 Å². The zero-order chi connectivity index (χ0) is 36.1. The Kier molecular flexibility index (Phi) is 12.4. The first-order chi connectivity index (χ1) is 22.9. The van der Waals surface area contributed by atoms with Crippen molar-refractivity contribution in [2.24, 2.45) is 5.92 Å². The summed E-state index contributed by atoms with van der Waals surface area (Å²) in [5.41, 5.74) is 2.26. The summed E-state index contributed by atoms with van der Waals surface area (Å²) in [6.07, 6.45) is 1.15. The summed E-state index contributed by atoms with van der Waals surface area (Å²) in [6, 6.07) is 7.66. The number of nitrogens with one attached hydrogen (secondary N) is 1. The fraction of sp³-hybridized carbons (Fsp3) is 0.611. The van der Waals surface area contributed by atoms with Gasteiger partial charge in [-0.3, -0.25) is 0 Å². The number of halogens is 1. The lowest BCUT2D eigenvalue weighted by Crippen LogP contribution is -2.54. The van der Waals surface area contributed by atoms with Gasteiger partial charge < -0.3 is 33.4 Å². The number of nitrogens with zero attached hydrogens (tertiary/aromatic N) is 4. The molecule has 0 aliphatic carbocycles. The molecule has 11 nitrogen and oxygen atoms in total. The van der Waals surface area contributed by atoms with Crippen LogP contribution in [0.15, 0.2) is 28.8 Å². The molecule has 1 aliphatic heterocycles. The number of aromatic nitrogens is 3. The van der Waals surface area contributed by atoms with Crippen molar-refractivity contribution in [2.75, 3.05) is 45.3 Å². The lowest BCUT2D eigenvalue weighted by Gasteiger charge is -2.42. The molecule has 2 aromatic heterocycles. The van der Waals surface area contributed by atoms with Gasteiger partial charge in [-0.25, -0.2) is 14.8 Å². The van der Waals surface area contributed by atoms with Gasteiger partial charge in [0, 0.05) is 30.9 Å². The second-order valence-corrected chi connectivity index (χ2v) is 20.4. The summed E-state index contributed by atoms with van der Waals surface area (Å²) in [4.78, 5) is 24.4. The van der Waals surface area contributed by atoms with Crippen LogP contribution in [0, 0.1) is 19.8 Å². The minimum absolute atomic E-state index is 0.0374. The quantitative estimate of drug-likeness (QED) is 0.183. The number of carbonyl (C=O) groups excluding carboxylic acids is 1. The van der Waals surface area contributed by atoms with E-state index in [1.165, 1.54) is 7.11 Å². The van der Waals surface area contributed by atoms with Crippen LogP contribution in [-0.2, 0) is 13.9 Å². The summed E-state index contributed by atoms with van der Waals surface area (Å²) in [5.74, 6) is 2.74. The molecule has 3 heterocycles. The van der Waals surface area contributed by atoms with Crippen molar-refractivity contribution in [3.63, 3.8) is 0 Å². The minimum atomic E-state index is -2.23. The smallest absolute Gasteiger partial charge is 0.410 e. The SMILES string of the molecule is COC(=O)N(CC(COc1cccc(-c2nc(NCC3CCOCC3)c(Cl)c(-c3c(C)noc3C)n2)c1)O[Si](C)(C)C(C)(C)C)C(C)(C)C. The third kappa shape index (κ3) is 9.74. The van der Waals surface area contributed by atoms with E-state index in [0.717, 1.165) is 43.7 Å². The Balaban J connectivity index is 1.65. The maximum Gasteiger partial charge on any atom is 0.410 e. The van der Waals surface area contributed by atoms with Crippen LogP contribution in [0.4, 0.5) is 10.6 Å². The molecule has 0 saturated carbocycles. The van der Waals surface area contributed by atoms with Gasteiger partial charge in [-0.2, -0.15) is 0 Å². The third-order valence-electron chi connectivity index (χ3n) is 9.41. The fourth-order valence-corrected chi connectivity index (χ4v) is 7.01. The molecule has 1 N–H and O–H groups in total. The van der Waals surface area contributed by atoms with Gasteiger partial charge >= 0.3 is 6.09 Å². The number of anilines is 1. The zero-order valence-electron chi connectivity index (χ0n) is 31.0. The Morgan fingerprint density at radius 3 is 2.41 bits per heavy atom. The van der Waals surface area contributed by atoms with E-state index in [0.29, 0.717) is 52.0 Å². The molecule has 0 radical (unpaired) electrons. The second-order valence-electron chi connectivity index (χ2n) is 15.3. The number of aryl methyl sites for hydroxylation is 2. The first kappa shape index (κ1) is 38.6. The van der Waals surface area contributed by atoms with Crippen LogP contribution in [0.2, 0.25) is 23.2 Å². The highest BCUT2D eigenvalue weighted by Gasteiger charge is 2.41. The topological polar surface area (TPSA) is 121 Å². The molecule has 0 bridgehead atoms. The Morgan fingerprint density at radius 2 is 1.82 bits per heavy atom. The summed E-state index contributed by atoms with van der Waals surface area (Å²) >= 11 is 6.97. The van der Waals surface area contributed by atoms with Gasteiger partial charge in [0.05, 0.1) is 31.0 Å². The number of rotatable bonds is 12. The number of ether oxygens (including phenoxy) is 3. The molecular formula is C36H54ClN5O6Si. The highest BCUT2D eigenvalue weighted by molar-refractivity contribution is 6.74. The molecule has 1 atom stereocenters. The van der Waals surface area contributed by atoms with Crippen molar-refractivity contribution >= 4 is 31.8 Å². The van der Waals surface area contributed by atoms with Gasteiger partial charge in [0.2, 0.25) is 0 Å². The van der Waals surface area contributed by atoms with E-state index in [9.17, 15) is 4.79 Å². The Bertz CT molecular complexity index is 1560. The number of methoxy groups -OCH3 is 1. The van der Waals surface area contributed by atoms with Crippen LogP contribution in [0.5, 0.6) is 5.75 Å². The standard InChI is InChI=1S/C36H54ClN5O6Si/c1-23-29(24(2)47-41-23)31-30(37)33(38-20-25-15-17-45-18-16-25)40-32(39-31)26-13-12-14-27(19-26)46-22-28(48-49(10,11)36(6,7)8)21-42(34(43)44-9)35(3,4)5/h12-14,19,25,28H,15-18,20-22H2,1-11H3,(H,38,39,40). The molecule has 1 saturated heterocycles. The van der Waals surface area contributed by atoms with Crippen LogP contribution >= 0.6 is 11.6 Å². The van der Waals surface area contributed by atoms with E-state index < -0.39 is 26.1 Å². The summed E-state index contributed by atoms with van der Waals surface area (Å²) < 4.78 is 29.4. The van der Waals surface area contributed by atoms with Gasteiger partial charge in [-0.15, -0.1) is 0 Å². The van der Waals surface area contributed by atoms with Gasteiger partial charge in [0.1, 0.15) is 34.7 Å². The van der Waals surface area contributed by atoms with Crippen molar-refractivity contribution < 1.29 is 28.0 Å². The molecule has 4 rings (SSSR count). The van der Waals surface area contributed by atoms with Crippen LogP contribution in [0.3, 0.4) is 0 Å². The number of hydrogen-bond donors (Lipinski definition) is 1. The lowest BCUT2D eigenvalue weighted by molar-refractivity contribution is 0.0338. The molecular weight excluding hydrogens is 662 g/mol. The normalized spacial score (nSPS) is 15.2. The zero-order valence-corrected chi connectivity index (χ0v) is 32.8. The molecule has 1 aliphatic rings. The molecule has 270 valence electrons. The molecule has 1 aromatic carbocycles. The average molecular weight is 716 g/mol. The monoisotopic (exact) mass is 715 g/mol. The molecule has 1 fully saturated rings. The number of amides is 1. The molecule has 1 unspecified atom stereocenters. The largest absolute Gasteiger partial charge is 0.491 e. The molecule has 13 heteroatoms. The van der Waals surface area contributed by atoms with E-state index in [4.69, 9.17) is 44.7 Å². The predicted molar refractivity (Wildman–Crippen MR) is 196 cm³/mol.